The molecule has 0 spiro atoms. The molecule has 5 aromatic rings. The molecule has 0 radical (unpaired) electrons. The molecule has 1 amide bonds. The maximum atomic E-state index is 12.9. The first kappa shape index (κ1) is 17.1. The van der Waals surface area contributed by atoms with Gasteiger partial charge >= 0.3 is 0 Å². The summed E-state index contributed by atoms with van der Waals surface area (Å²) in [5.74, 6) is 0.512. The fourth-order valence-electron chi connectivity index (χ4n) is 3.41. The molecule has 5 nitrogen and oxygen atoms in total. The van der Waals surface area contributed by atoms with Gasteiger partial charge in [0.1, 0.15) is 0 Å². The van der Waals surface area contributed by atoms with Crippen molar-refractivity contribution in [2.24, 2.45) is 0 Å². The summed E-state index contributed by atoms with van der Waals surface area (Å²) in [5, 5.41) is 5.20. The predicted octanol–water partition coefficient (Wildman–Crippen LogP) is 5.11. The number of carbonyl (C=O) groups excluding carboxylic acids is 1. The van der Waals surface area contributed by atoms with Gasteiger partial charge in [0.2, 0.25) is 5.78 Å². The summed E-state index contributed by atoms with van der Waals surface area (Å²) < 4.78 is 1.88. The second-order valence-electron chi connectivity index (χ2n) is 7.00. The van der Waals surface area contributed by atoms with E-state index in [-0.39, 0.29) is 5.91 Å². The van der Waals surface area contributed by atoms with E-state index in [1.54, 1.807) is 6.20 Å². The first-order valence-electron chi connectivity index (χ1n) is 9.38. The third-order valence-corrected chi connectivity index (χ3v) is 5.03. The van der Waals surface area contributed by atoms with Crippen molar-refractivity contribution in [1.29, 1.82) is 0 Å². The summed E-state index contributed by atoms with van der Waals surface area (Å²) in [4.78, 5) is 21.7. The molecule has 5 heteroatoms. The Labute approximate surface area is 167 Å². The highest BCUT2D eigenvalue weighted by atomic mass is 16.1. The molecule has 0 bridgehead atoms. The summed E-state index contributed by atoms with van der Waals surface area (Å²) in [6.07, 6.45) is 5.56. The Hall–Kier alpha value is -3.99. The zero-order chi connectivity index (χ0) is 19.8. The van der Waals surface area contributed by atoms with Crippen molar-refractivity contribution in [2.75, 3.05) is 5.32 Å². The van der Waals surface area contributed by atoms with Crippen molar-refractivity contribution in [1.82, 2.24) is 14.4 Å². The lowest BCUT2D eigenvalue weighted by atomic mass is 10.1. The maximum absolute atomic E-state index is 12.9. The van der Waals surface area contributed by atoms with Gasteiger partial charge in [0, 0.05) is 35.4 Å². The second kappa shape index (κ2) is 6.87. The van der Waals surface area contributed by atoms with Crippen molar-refractivity contribution in [3.8, 4) is 11.3 Å². The van der Waals surface area contributed by atoms with Gasteiger partial charge in [-0.05, 0) is 47.5 Å². The summed E-state index contributed by atoms with van der Waals surface area (Å²) >= 11 is 0. The molecule has 0 fully saturated rings. The first-order chi connectivity index (χ1) is 14.2. The minimum atomic E-state index is -0.132. The average molecular weight is 378 g/mol. The minimum Gasteiger partial charge on any atom is -0.322 e. The van der Waals surface area contributed by atoms with Gasteiger partial charge in [0.25, 0.3) is 5.91 Å². The lowest BCUT2D eigenvalue weighted by Gasteiger charge is -2.10. The highest BCUT2D eigenvalue weighted by Gasteiger charge is 2.11. The van der Waals surface area contributed by atoms with Gasteiger partial charge in [-0.15, -0.1) is 0 Å². The minimum absolute atomic E-state index is 0.132. The number of amides is 1. The number of nitrogens with zero attached hydrogens (tertiary/aromatic N) is 3. The van der Waals surface area contributed by atoms with Gasteiger partial charge in [-0.25, -0.2) is 9.97 Å². The van der Waals surface area contributed by atoms with Gasteiger partial charge in [-0.2, -0.15) is 0 Å². The fourth-order valence-corrected chi connectivity index (χ4v) is 3.41. The fraction of sp³-hybridized carbons (Fsp3) is 0.0417. The van der Waals surface area contributed by atoms with E-state index in [9.17, 15) is 4.79 Å². The van der Waals surface area contributed by atoms with E-state index in [0.29, 0.717) is 11.3 Å². The van der Waals surface area contributed by atoms with Gasteiger partial charge < -0.3 is 5.32 Å². The molecule has 1 N–H and O–H groups in total. The molecular weight excluding hydrogens is 360 g/mol. The lowest BCUT2D eigenvalue weighted by molar-refractivity contribution is 0.102. The number of aryl methyl sites for hydroxylation is 1. The number of rotatable bonds is 3. The van der Waals surface area contributed by atoms with Crippen LogP contribution in [0.1, 0.15) is 15.9 Å². The largest absolute Gasteiger partial charge is 0.322 e. The van der Waals surface area contributed by atoms with Crippen LogP contribution in [0, 0.1) is 6.92 Å². The van der Waals surface area contributed by atoms with Crippen molar-refractivity contribution >= 4 is 28.1 Å². The maximum Gasteiger partial charge on any atom is 0.255 e. The van der Waals surface area contributed by atoms with Crippen LogP contribution in [0.25, 0.3) is 27.8 Å². The van der Waals surface area contributed by atoms with Crippen LogP contribution in [0.4, 0.5) is 5.69 Å². The summed E-state index contributed by atoms with van der Waals surface area (Å²) in [5.41, 5.74) is 4.13. The summed E-state index contributed by atoms with van der Waals surface area (Å²) in [7, 11) is 0. The predicted molar refractivity (Wildman–Crippen MR) is 115 cm³/mol. The van der Waals surface area contributed by atoms with Crippen LogP contribution in [0.15, 0.2) is 85.3 Å². The number of nitrogens with one attached hydrogen (secondary N) is 1. The molecule has 3 aromatic carbocycles. The average Bonchev–Trinajstić information content (AvgIpc) is 3.19. The monoisotopic (exact) mass is 378 g/mol. The van der Waals surface area contributed by atoms with E-state index >= 15 is 0 Å². The van der Waals surface area contributed by atoms with Crippen molar-refractivity contribution in [2.45, 2.75) is 6.92 Å². The van der Waals surface area contributed by atoms with Crippen LogP contribution >= 0.6 is 0 Å². The zero-order valence-electron chi connectivity index (χ0n) is 15.8. The van der Waals surface area contributed by atoms with Crippen LogP contribution in [0.3, 0.4) is 0 Å². The molecule has 0 saturated carbocycles. The molecule has 0 aliphatic heterocycles. The van der Waals surface area contributed by atoms with Gasteiger partial charge in [-0.3, -0.25) is 9.20 Å². The number of benzene rings is 3. The Balaban J connectivity index is 1.47. The smallest absolute Gasteiger partial charge is 0.255 e. The van der Waals surface area contributed by atoms with Gasteiger partial charge in [-0.1, -0.05) is 42.5 Å². The Bertz CT molecular complexity index is 1340. The van der Waals surface area contributed by atoms with E-state index in [1.807, 2.05) is 90.4 Å². The molecule has 0 unspecified atom stereocenters. The quantitative estimate of drug-likeness (QED) is 0.475. The van der Waals surface area contributed by atoms with E-state index in [1.165, 1.54) is 0 Å². The van der Waals surface area contributed by atoms with Gasteiger partial charge in [0.15, 0.2) is 0 Å². The SMILES string of the molecule is Cc1ccc(-c2cn3cccnc3n2)cc1NC(=O)c1ccc2ccccc2c1. The van der Waals surface area contributed by atoms with Crippen molar-refractivity contribution < 1.29 is 4.79 Å². The molecule has 0 saturated heterocycles. The van der Waals surface area contributed by atoms with E-state index in [2.05, 4.69) is 15.3 Å². The van der Waals surface area contributed by atoms with Crippen LogP contribution in [-0.4, -0.2) is 20.3 Å². The molecule has 29 heavy (non-hydrogen) atoms. The topological polar surface area (TPSA) is 59.3 Å². The number of hydrogen-bond donors (Lipinski definition) is 1. The zero-order valence-corrected chi connectivity index (χ0v) is 15.8. The normalized spacial score (nSPS) is 11.1. The van der Waals surface area contributed by atoms with Gasteiger partial charge in [0.05, 0.1) is 5.69 Å². The number of carbonyl (C=O) groups is 1. The van der Waals surface area contributed by atoms with Crippen molar-refractivity contribution in [3.63, 3.8) is 0 Å². The third kappa shape index (κ3) is 3.23. The Morgan fingerprint density at radius 1 is 0.966 bits per heavy atom. The Kier molecular flexibility index (Phi) is 4.06. The molecule has 2 aromatic heterocycles. The standard InChI is InChI=1S/C24H18N4O/c1-16-7-8-19(22-15-28-12-4-11-25-24(28)27-22)14-21(16)26-23(29)20-10-9-17-5-2-3-6-18(17)13-20/h2-15H,1H3,(H,26,29). The van der Waals surface area contributed by atoms with Crippen molar-refractivity contribution in [3.05, 3.63) is 96.4 Å². The number of fused-ring (bicyclic) bond motifs is 2. The Morgan fingerprint density at radius 2 is 1.83 bits per heavy atom. The molecule has 0 aliphatic carbocycles. The molecule has 0 aliphatic rings. The number of anilines is 1. The molecule has 2 heterocycles. The molecule has 5 rings (SSSR count). The highest BCUT2D eigenvalue weighted by molar-refractivity contribution is 6.07. The number of imidazole rings is 1. The highest BCUT2D eigenvalue weighted by Crippen LogP contribution is 2.26. The molecule has 140 valence electrons. The van der Waals surface area contributed by atoms with Crippen LogP contribution in [-0.2, 0) is 0 Å². The van der Waals surface area contributed by atoms with E-state index in [4.69, 9.17) is 0 Å². The third-order valence-electron chi connectivity index (χ3n) is 5.03. The number of hydrogen-bond acceptors (Lipinski definition) is 3. The molecule has 0 atom stereocenters. The number of aromatic nitrogens is 3. The van der Waals surface area contributed by atoms with Crippen LogP contribution < -0.4 is 5.32 Å². The van der Waals surface area contributed by atoms with E-state index < -0.39 is 0 Å². The second-order valence-corrected chi connectivity index (χ2v) is 7.00. The Morgan fingerprint density at radius 3 is 2.69 bits per heavy atom. The summed E-state index contributed by atoms with van der Waals surface area (Å²) in [6, 6.07) is 21.6. The van der Waals surface area contributed by atoms with Crippen LogP contribution in [0.2, 0.25) is 0 Å². The van der Waals surface area contributed by atoms with Crippen LogP contribution in [0.5, 0.6) is 0 Å². The van der Waals surface area contributed by atoms with E-state index in [0.717, 1.165) is 33.3 Å². The summed E-state index contributed by atoms with van der Waals surface area (Å²) in [6.45, 7) is 1.98. The lowest BCUT2D eigenvalue weighted by Crippen LogP contribution is -2.12. The first-order valence-corrected chi connectivity index (χ1v) is 9.38. The molecular formula is C24H18N4O.